The molecule has 1 aromatic carbocycles. The van der Waals surface area contributed by atoms with Gasteiger partial charge < -0.3 is 5.32 Å². The van der Waals surface area contributed by atoms with Gasteiger partial charge in [0.1, 0.15) is 0 Å². The van der Waals surface area contributed by atoms with E-state index in [1.165, 1.54) is 16.0 Å². The summed E-state index contributed by atoms with van der Waals surface area (Å²) in [5, 5.41) is 4.34. The fourth-order valence-corrected chi connectivity index (χ4v) is 2.60. The van der Waals surface area contributed by atoms with Crippen molar-refractivity contribution in [1.82, 2.24) is 4.98 Å². The van der Waals surface area contributed by atoms with Crippen molar-refractivity contribution in [2.45, 2.75) is 33.1 Å². The second-order valence-electron chi connectivity index (χ2n) is 4.73. The number of thiazole rings is 1. The highest BCUT2D eigenvalue weighted by atomic mass is 32.1. The highest BCUT2D eigenvalue weighted by Crippen LogP contribution is 2.29. The highest BCUT2D eigenvalue weighted by Gasteiger charge is 2.05. The first-order valence-corrected chi connectivity index (χ1v) is 7.32. The van der Waals surface area contributed by atoms with Gasteiger partial charge in [-0.15, -0.1) is 0 Å². The van der Waals surface area contributed by atoms with Crippen LogP contribution in [0.2, 0.25) is 0 Å². The molecular formula is C15H20N2S. The van der Waals surface area contributed by atoms with Crippen LogP contribution in [0.1, 0.15) is 38.7 Å². The molecule has 0 fully saturated rings. The predicted molar refractivity (Wildman–Crippen MR) is 80.4 cm³/mol. The van der Waals surface area contributed by atoms with Crippen LogP contribution in [-0.2, 0) is 0 Å². The summed E-state index contributed by atoms with van der Waals surface area (Å²) in [6.07, 6.45) is 3.07. The number of rotatable bonds is 5. The van der Waals surface area contributed by atoms with Gasteiger partial charge in [-0.3, -0.25) is 0 Å². The number of hydrogen-bond donors (Lipinski definition) is 1. The van der Waals surface area contributed by atoms with Crippen molar-refractivity contribution in [2.75, 3.05) is 11.9 Å². The standard InChI is InChI=1S/C15H20N2S/c1-4-9-16-15-17-10-14(18-15)13-7-5-12(6-8-13)11(2)3/h5-8,10-11H,4,9H2,1-3H3,(H,16,17). The number of benzene rings is 1. The van der Waals surface area contributed by atoms with E-state index in [9.17, 15) is 0 Å². The summed E-state index contributed by atoms with van der Waals surface area (Å²) >= 11 is 1.72. The van der Waals surface area contributed by atoms with Gasteiger partial charge in [-0.25, -0.2) is 4.98 Å². The van der Waals surface area contributed by atoms with Gasteiger partial charge in [0.05, 0.1) is 4.88 Å². The van der Waals surface area contributed by atoms with E-state index in [4.69, 9.17) is 0 Å². The average molecular weight is 260 g/mol. The fourth-order valence-electron chi connectivity index (χ4n) is 1.75. The van der Waals surface area contributed by atoms with Gasteiger partial charge in [0.25, 0.3) is 0 Å². The lowest BCUT2D eigenvalue weighted by Crippen LogP contribution is -1.97. The maximum absolute atomic E-state index is 4.40. The third kappa shape index (κ3) is 3.10. The Morgan fingerprint density at radius 3 is 2.56 bits per heavy atom. The first kappa shape index (κ1) is 13.1. The van der Waals surface area contributed by atoms with E-state index >= 15 is 0 Å². The maximum atomic E-state index is 4.40. The summed E-state index contributed by atoms with van der Waals surface area (Å²) in [5.41, 5.74) is 2.63. The molecule has 0 amide bonds. The zero-order chi connectivity index (χ0) is 13.0. The van der Waals surface area contributed by atoms with Crippen LogP contribution in [0.5, 0.6) is 0 Å². The minimum absolute atomic E-state index is 0.585. The summed E-state index contributed by atoms with van der Waals surface area (Å²) in [6, 6.07) is 8.79. The first-order valence-electron chi connectivity index (χ1n) is 6.50. The van der Waals surface area contributed by atoms with Crippen molar-refractivity contribution in [1.29, 1.82) is 0 Å². The molecule has 2 nitrogen and oxygen atoms in total. The molecular weight excluding hydrogens is 240 g/mol. The number of hydrogen-bond acceptors (Lipinski definition) is 3. The fraction of sp³-hybridized carbons (Fsp3) is 0.400. The van der Waals surface area contributed by atoms with Crippen LogP contribution in [0.25, 0.3) is 10.4 Å². The lowest BCUT2D eigenvalue weighted by Gasteiger charge is -2.05. The van der Waals surface area contributed by atoms with Gasteiger partial charge in [-0.2, -0.15) is 0 Å². The Balaban J connectivity index is 2.13. The molecule has 96 valence electrons. The molecule has 2 aromatic rings. The smallest absolute Gasteiger partial charge is 0.183 e. The number of anilines is 1. The van der Waals surface area contributed by atoms with Gasteiger partial charge in [-0.1, -0.05) is 56.4 Å². The van der Waals surface area contributed by atoms with E-state index in [0.29, 0.717) is 5.92 Å². The SMILES string of the molecule is CCCNc1ncc(-c2ccc(C(C)C)cc2)s1. The van der Waals surface area contributed by atoms with Crippen LogP contribution in [0.3, 0.4) is 0 Å². The molecule has 3 heteroatoms. The molecule has 1 N–H and O–H groups in total. The minimum atomic E-state index is 0.585. The zero-order valence-corrected chi connectivity index (χ0v) is 12.1. The Labute approximate surface area is 113 Å². The van der Waals surface area contributed by atoms with Gasteiger partial charge in [0, 0.05) is 12.7 Å². The van der Waals surface area contributed by atoms with Gasteiger partial charge in [0.2, 0.25) is 0 Å². The molecule has 0 spiro atoms. The van der Waals surface area contributed by atoms with Crippen LogP contribution in [-0.4, -0.2) is 11.5 Å². The Kier molecular flexibility index (Phi) is 4.37. The number of nitrogens with zero attached hydrogens (tertiary/aromatic N) is 1. The molecule has 0 bridgehead atoms. The molecule has 1 heterocycles. The van der Waals surface area contributed by atoms with Crippen LogP contribution >= 0.6 is 11.3 Å². The summed E-state index contributed by atoms with van der Waals surface area (Å²) in [5.74, 6) is 0.585. The largest absolute Gasteiger partial charge is 0.362 e. The van der Waals surface area contributed by atoms with Crippen molar-refractivity contribution in [3.63, 3.8) is 0 Å². The lowest BCUT2D eigenvalue weighted by molar-refractivity contribution is 0.867. The third-order valence-corrected chi connectivity index (χ3v) is 3.90. The van der Waals surface area contributed by atoms with Gasteiger partial charge >= 0.3 is 0 Å². The summed E-state index contributed by atoms with van der Waals surface area (Å²) in [7, 11) is 0. The zero-order valence-electron chi connectivity index (χ0n) is 11.2. The molecule has 1 aromatic heterocycles. The first-order chi connectivity index (χ1) is 8.70. The molecule has 0 radical (unpaired) electrons. The summed E-state index contributed by atoms with van der Waals surface area (Å²) in [4.78, 5) is 5.62. The summed E-state index contributed by atoms with van der Waals surface area (Å²) < 4.78 is 0. The minimum Gasteiger partial charge on any atom is -0.362 e. The molecule has 0 atom stereocenters. The lowest BCUT2D eigenvalue weighted by atomic mass is 10.0. The van der Waals surface area contributed by atoms with Gasteiger partial charge in [0.15, 0.2) is 5.13 Å². The maximum Gasteiger partial charge on any atom is 0.183 e. The van der Waals surface area contributed by atoms with Crippen molar-refractivity contribution in [3.05, 3.63) is 36.0 Å². The molecule has 0 saturated heterocycles. The van der Waals surface area contributed by atoms with Crippen LogP contribution in [0.15, 0.2) is 30.5 Å². The monoisotopic (exact) mass is 260 g/mol. The molecule has 0 unspecified atom stereocenters. The molecule has 0 saturated carbocycles. The van der Waals surface area contributed by atoms with E-state index in [1.54, 1.807) is 11.3 Å². The van der Waals surface area contributed by atoms with Crippen molar-refractivity contribution in [2.24, 2.45) is 0 Å². The molecule has 2 rings (SSSR count). The molecule has 0 aliphatic rings. The van der Waals surface area contributed by atoms with Crippen LogP contribution < -0.4 is 5.32 Å². The Hall–Kier alpha value is -1.35. The predicted octanol–water partition coefficient (Wildman–Crippen LogP) is 4.76. The van der Waals surface area contributed by atoms with Crippen molar-refractivity contribution in [3.8, 4) is 10.4 Å². The second kappa shape index (κ2) is 6.01. The van der Waals surface area contributed by atoms with E-state index in [1.807, 2.05) is 6.20 Å². The average Bonchev–Trinajstić information content (AvgIpc) is 2.85. The van der Waals surface area contributed by atoms with E-state index in [2.05, 4.69) is 55.3 Å². The van der Waals surface area contributed by atoms with E-state index < -0.39 is 0 Å². The van der Waals surface area contributed by atoms with Crippen LogP contribution in [0, 0.1) is 0 Å². The third-order valence-electron chi connectivity index (χ3n) is 2.89. The Morgan fingerprint density at radius 1 is 1.22 bits per heavy atom. The molecule has 0 aliphatic carbocycles. The quantitative estimate of drug-likeness (QED) is 0.838. The van der Waals surface area contributed by atoms with E-state index in [0.717, 1.165) is 18.1 Å². The van der Waals surface area contributed by atoms with Crippen molar-refractivity contribution < 1.29 is 0 Å². The summed E-state index contributed by atoms with van der Waals surface area (Å²) in [6.45, 7) is 7.58. The van der Waals surface area contributed by atoms with Crippen LogP contribution in [0.4, 0.5) is 5.13 Å². The normalized spacial score (nSPS) is 10.9. The Bertz CT molecular complexity index is 485. The number of aromatic nitrogens is 1. The Morgan fingerprint density at radius 2 is 1.94 bits per heavy atom. The molecule has 18 heavy (non-hydrogen) atoms. The number of nitrogens with one attached hydrogen (secondary N) is 1. The highest BCUT2D eigenvalue weighted by molar-refractivity contribution is 7.18. The topological polar surface area (TPSA) is 24.9 Å². The molecule has 0 aliphatic heterocycles. The van der Waals surface area contributed by atoms with Gasteiger partial charge in [-0.05, 0) is 23.5 Å². The van der Waals surface area contributed by atoms with E-state index in [-0.39, 0.29) is 0 Å². The van der Waals surface area contributed by atoms with Crippen molar-refractivity contribution >= 4 is 16.5 Å². The second-order valence-corrected chi connectivity index (χ2v) is 5.76.